The Morgan fingerprint density at radius 2 is 2.09 bits per heavy atom. The number of Topliss-reactive ketones (excluding diaryl/α,β-unsaturated/α-hetero) is 1. The molecule has 0 saturated heterocycles. The fourth-order valence-electron chi connectivity index (χ4n) is 3.67. The highest BCUT2D eigenvalue weighted by Gasteiger charge is 2.22. The van der Waals surface area contributed by atoms with Crippen LogP contribution in [-0.4, -0.2) is 40.7 Å². The Labute approximate surface area is 195 Å². The molecule has 1 aromatic rings. The molecule has 0 fully saturated rings. The number of unbranched alkanes of at least 4 members (excludes halogenated alkanes) is 1. The number of allylic oxidation sites excluding steroid dienone is 2. The van der Waals surface area contributed by atoms with Gasteiger partial charge in [-0.3, -0.25) is 4.79 Å². The number of carbonyl (C=O) groups excluding carboxylic acids is 1. The predicted molar refractivity (Wildman–Crippen MR) is 133 cm³/mol. The van der Waals surface area contributed by atoms with Crippen LogP contribution in [0.3, 0.4) is 0 Å². The number of anilines is 1. The molecule has 0 aliphatic carbocycles. The number of amidine groups is 1. The van der Waals surface area contributed by atoms with E-state index >= 15 is 0 Å². The van der Waals surface area contributed by atoms with E-state index in [9.17, 15) is 14.5 Å². The van der Waals surface area contributed by atoms with Gasteiger partial charge in [-0.25, -0.2) is 4.99 Å². The third kappa shape index (κ3) is 7.50. The number of carbonyl (C=O) groups is 1. The lowest BCUT2D eigenvalue weighted by atomic mass is 9.91. The van der Waals surface area contributed by atoms with Crippen molar-refractivity contribution in [3.05, 3.63) is 47.3 Å². The summed E-state index contributed by atoms with van der Waals surface area (Å²) in [5, 5.41) is 15.9. The van der Waals surface area contributed by atoms with Crippen molar-refractivity contribution in [1.29, 1.82) is 0 Å². The SMILES string of the molecule is CCCCC(=O)C1=C\CC(C)/C(CC)=C(NCCCO)/N=C\1Nc1cccc([S+](C)[O-])c1. The van der Waals surface area contributed by atoms with Gasteiger partial charge in [-0.05, 0) is 60.5 Å². The lowest BCUT2D eigenvalue weighted by Gasteiger charge is -2.23. The summed E-state index contributed by atoms with van der Waals surface area (Å²) in [5.74, 6) is 1.60. The molecule has 6 nitrogen and oxygen atoms in total. The average Bonchev–Trinajstić information content (AvgIpc) is 2.77. The van der Waals surface area contributed by atoms with Crippen LogP contribution in [0, 0.1) is 5.92 Å². The standard InChI is InChI=1S/C25H37N3O3S/c1-5-7-12-23(30)22-14-13-18(3)21(6-2)24(26-15-9-16-29)28-25(22)27-19-10-8-11-20(17-19)32(4)31/h8,10-11,14,17-18,26,29H,5-7,9,12-13,15-16H2,1-4H3,(H,27,28)/b22-14+,24-21+. The maximum Gasteiger partial charge on any atom is 0.166 e. The fraction of sp³-hybridized carbons (Fsp3) is 0.520. The van der Waals surface area contributed by atoms with Crippen LogP contribution in [-0.2, 0) is 16.0 Å². The predicted octanol–water partition coefficient (Wildman–Crippen LogP) is 4.55. The van der Waals surface area contributed by atoms with Crippen molar-refractivity contribution in [1.82, 2.24) is 5.32 Å². The highest BCUT2D eigenvalue weighted by Crippen LogP contribution is 2.27. The molecular formula is C25H37N3O3S. The quantitative estimate of drug-likeness (QED) is 0.333. The number of rotatable bonds is 11. The maximum atomic E-state index is 13.1. The molecule has 0 saturated carbocycles. The van der Waals surface area contributed by atoms with Gasteiger partial charge in [0.2, 0.25) is 0 Å². The molecule has 0 spiro atoms. The van der Waals surface area contributed by atoms with Gasteiger partial charge in [0.05, 0.1) is 5.57 Å². The van der Waals surface area contributed by atoms with Crippen LogP contribution >= 0.6 is 0 Å². The van der Waals surface area contributed by atoms with E-state index in [-0.39, 0.29) is 18.3 Å². The first-order valence-corrected chi connectivity index (χ1v) is 13.1. The largest absolute Gasteiger partial charge is 0.612 e. The van der Waals surface area contributed by atoms with Gasteiger partial charge in [0.25, 0.3) is 0 Å². The molecule has 0 radical (unpaired) electrons. The van der Waals surface area contributed by atoms with E-state index in [4.69, 9.17) is 4.99 Å². The van der Waals surface area contributed by atoms with E-state index in [1.165, 1.54) is 5.57 Å². The zero-order valence-electron chi connectivity index (χ0n) is 19.7. The van der Waals surface area contributed by atoms with Gasteiger partial charge in [-0.2, -0.15) is 0 Å². The topological polar surface area (TPSA) is 96.8 Å². The molecule has 0 amide bonds. The molecule has 1 aromatic carbocycles. The molecule has 7 heteroatoms. The Kier molecular flexibility index (Phi) is 11.0. The van der Waals surface area contributed by atoms with Gasteiger partial charge in [-0.1, -0.05) is 39.3 Å². The zero-order chi connectivity index (χ0) is 23.5. The smallest absolute Gasteiger partial charge is 0.166 e. The van der Waals surface area contributed by atoms with E-state index in [0.29, 0.717) is 35.7 Å². The Morgan fingerprint density at radius 3 is 2.75 bits per heavy atom. The molecular weight excluding hydrogens is 422 g/mol. The van der Waals surface area contributed by atoms with Crippen LogP contribution in [0.5, 0.6) is 0 Å². The summed E-state index contributed by atoms with van der Waals surface area (Å²) < 4.78 is 11.9. The summed E-state index contributed by atoms with van der Waals surface area (Å²) in [6.07, 6.45) is 8.14. The fourth-order valence-corrected chi connectivity index (χ4v) is 4.23. The third-order valence-electron chi connectivity index (χ3n) is 5.55. The molecule has 32 heavy (non-hydrogen) atoms. The number of aliphatic hydroxyl groups is 1. The summed E-state index contributed by atoms with van der Waals surface area (Å²) in [4.78, 5) is 18.7. The molecule has 1 aliphatic heterocycles. The number of aliphatic imine (C=N–C) groups is 1. The van der Waals surface area contributed by atoms with Crippen LogP contribution in [0.15, 0.2) is 57.2 Å². The lowest BCUT2D eigenvalue weighted by molar-refractivity contribution is -0.115. The summed E-state index contributed by atoms with van der Waals surface area (Å²) in [7, 11) is 0. The Morgan fingerprint density at radius 1 is 1.31 bits per heavy atom. The number of benzene rings is 1. The molecule has 1 aliphatic rings. The second-order valence-electron chi connectivity index (χ2n) is 8.08. The first-order valence-electron chi connectivity index (χ1n) is 11.5. The minimum atomic E-state index is -1.10. The number of ketones is 1. The number of aliphatic hydroxyl groups excluding tert-OH is 1. The number of nitrogens with zero attached hydrogens (tertiary/aromatic N) is 1. The van der Waals surface area contributed by atoms with Gasteiger partial charge in [0, 0.05) is 31.3 Å². The van der Waals surface area contributed by atoms with Crippen molar-refractivity contribution in [3.63, 3.8) is 0 Å². The zero-order valence-corrected chi connectivity index (χ0v) is 20.6. The Hall–Kier alpha value is -2.09. The first kappa shape index (κ1) is 26.2. The third-order valence-corrected chi connectivity index (χ3v) is 6.47. The van der Waals surface area contributed by atoms with Gasteiger partial charge >= 0.3 is 0 Å². The lowest BCUT2D eigenvalue weighted by Crippen LogP contribution is -2.27. The minimum Gasteiger partial charge on any atom is -0.612 e. The number of hydrogen-bond acceptors (Lipinski definition) is 6. The summed E-state index contributed by atoms with van der Waals surface area (Å²) in [6, 6.07) is 7.39. The highest BCUT2D eigenvalue weighted by molar-refractivity contribution is 7.90. The normalized spacial score (nSPS) is 23.2. The van der Waals surface area contributed by atoms with E-state index in [1.807, 2.05) is 30.3 Å². The number of hydrogen-bond donors (Lipinski definition) is 3. The van der Waals surface area contributed by atoms with Crippen LogP contribution < -0.4 is 10.6 Å². The minimum absolute atomic E-state index is 0.0789. The van der Waals surface area contributed by atoms with Crippen molar-refractivity contribution in [2.24, 2.45) is 10.9 Å². The van der Waals surface area contributed by atoms with Crippen molar-refractivity contribution >= 4 is 28.5 Å². The first-order chi connectivity index (χ1) is 15.4. The molecule has 176 valence electrons. The van der Waals surface area contributed by atoms with Crippen molar-refractivity contribution in [2.75, 3.05) is 24.7 Å². The summed E-state index contributed by atoms with van der Waals surface area (Å²) in [6.45, 7) is 7.05. The highest BCUT2D eigenvalue weighted by atomic mass is 32.2. The maximum absolute atomic E-state index is 13.1. The van der Waals surface area contributed by atoms with Crippen LogP contribution in [0.4, 0.5) is 5.69 Å². The van der Waals surface area contributed by atoms with Crippen molar-refractivity contribution in [3.8, 4) is 0 Å². The molecule has 0 aromatic heterocycles. The molecule has 0 bridgehead atoms. The molecule has 1 heterocycles. The molecule has 2 atom stereocenters. The van der Waals surface area contributed by atoms with Gasteiger partial charge in [0.15, 0.2) is 10.7 Å². The van der Waals surface area contributed by atoms with E-state index in [2.05, 4.69) is 31.4 Å². The summed E-state index contributed by atoms with van der Waals surface area (Å²) in [5.41, 5.74) is 2.54. The van der Waals surface area contributed by atoms with Crippen LogP contribution in [0.1, 0.15) is 59.3 Å². The van der Waals surface area contributed by atoms with Crippen LogP contribution in [0.2, 0.25) is 0 Å². The van der Waals surface area contributed by atoms with Crippen molar-refractivity contribution in [2.45, 2.75) is 64.2 Å². The van der Waals surface area contributed by atoms with Crippen LogP contribution in [0.25, 0.3) is 0 Å². The summed E-state index contributed by atoms with van der Waals surface area (Å²) >= 11 is -1.10. The van der Waals surface area contributed by atoms with Gasteiger partial charge in [0.1, 0.15) is 17.9 Å². The Balaban J connectivity index is 2.52. The second-order valence-corrected chi connectivity index (χ2v) is 9.46. The second kappa shape index (κ2) is 13.5. The average molecular weight is 460 g/mol. The Bertz CT molecular complexity index is 862. The molecule has 3 N–H and O–H groups in total. The number of nitrogens with one attached hydrogen (secondary N) is 2. The monoisotopic (exact) mass is 459 g/mol. The van der Waals surface area contributed by atoms with Gasteiger partial charge in [-0.15, -0.1) is 0 Å². The van der Waals surface area contributed by atoms with Crippen molar-refractivity contribution < 1.29 is 14.5 Å². The van der Waals surface area contributed by atoms with E-state index < -0.39 is 11.2 Å². The molecule has 2 unspecified atom stereocenters. The van der Waals surface area contributed by atoms with E-state index in [0.717, 1.165) is 37.2 Å². The van der Waals surface area contributed by atoms with Gasteiger partial charge < -0.3 is 20.3 Å². The van der Waals surface area contributed by atoms with E-state index in [1.54, 1.807) is 6.26 Å². The molecule has 2 rings (SSSR count).